The van der Waals surface area contributed by atoms with E-state index in [0.29, 0.717) is 16.6 Å². The van der Waals surface area contributed by atoms with Crippen LogP contribution in [0.5, 0.6) is 0 Å². The number of amides is 1. The van der Waals surface area contributed by atoms with Crippen LogP contribution in [0.2, 0.25) is 5.02 Å². The molecule has 2 unspecified atom stereocenters. The topological polar surface area (TPSA) is 59.2 Å². The highest BCUT2D eigenvalue weighted by molar-refractivity contribution is 7.13. The Morgan fingerprint density at radius 2 is 2.35 bits per heavy atom. The van der Waals surface area contributed by atoms with Crippen molar-refractivity contribution in [1.82, 2.24) is 9.88 Å². The van der Waals surface area contributed by atoms with Crippen LogP contribution in [0.1, 0.15) is 30.3 Å². The van der Waals surface area contributed by atoms with E-state index in [1.54, 1.807) is 0 Å². The highest BCUT2D eigenvalue weighted by Crippen LogP contribution is 2.27. The summed E-state index contributed by atoms with van der Waals surface area (Å²) in [6, 6.07) is 7.64. The summed E-state index contributed by atoms with van der Waals surface area (Å²) in [5.74, 6) is 0.374. The predicted molar refractivity (Wildman–Crippen MR) is 94.8 cm³/mol. The fraction of sp³-hybridized carbons (Fsp3) is 0.412. The molecule has 6 heteroatoms. The summed E-state index contributed by atoms with van der Waals surface area (Å²) in [5.41, 5.74) is 7.45. The first-order valence-corrected chi connectivity index (χ1v) is 9.06. The van der Waals surface area contributed by atoms with Crippen molar-refractivity contribution in [3.05, 3.63) is 40.4 Å². The lowest BCUT2D eigenvalue weighted by Crippen LogP contribution is -2.45. The van der Waals surface area contributed by atoms with Crippen LogP contribution >= 0.6 is 22.9 Å². The smallest absolute Gasteiger partial charge is 0.273 e. The number of halogens is 1. The normalized spacial score (nSPS) is 19.6. The van der Waals surface area contributed by atoms with Crippen molar-refractivity contribution in [3.8, 4) is 10.6 Å². The number of piperidine rings is 1. The Kier molecular flexibility index (Phi) is 4.99. The Labute approximate surface area is 145 Å². The second-order valence-electron chi connectivity index (χ2n) is 6.06. The van der Waals surface area contributed by atoms with E-state index in [1.165, 1.54) is 11.3 Å². The van der Waals surface area contributed by atoms with Gasteiger partial charge in [-0.2, -0.15) is 0 Å². The number of rotatable bonds is 3. The van der Waals surface area contributed by atoms with E-state index >= 15 is 0 Å². The minimum atomic E-state index is -0.000113. The zero-order valence-corrected chi connectivity index (χ0v) is 14.6. The first kappa shape index (κ1) is 16.4. The fourth-order valence-corrected chi connectivity index (χ4v) is 3.89. The first-order valence-electron chi connectivity index (χ1n) is 7.81. The number of nitrogens with two attached hydrogens (primary N) is 1. The Morgan fingerprint density at radius 3 is 3.09 bits per heavy atom. The number of hydrogen-bond acceptors (Lipinski definition) is 4. The number of hydrogen-bond donors (Lipinski definition) is 1. The van der Waals surface area contributed by atoms with E-state index in [4.69, 9.17) is 17.3 Å². The maximum absolute atomic E-state index is 12.7. The third-order valence-corrected chi connectivity index (χ3v) is 5.41. The van der Waals surface area contributed by atoms with Crippen LogP contribution in [0.15, 0.2) is 29.6 Å². The van der Waals surface area contributed by atoms with Gasteiger partial charge in [0.2, 0.25) is 0 Å². The number of carbonyl (C=O) groups is 1. The van der Waals surface area contributed by atoms with Gasteiger partial charge < -0.3 is 10.6 Å². The maximum atomic E-state index is 12.7. The van der Waals surface area contributed by atoms with Gasteiger partial charge in [0.25, 0.3) is 5.91 Å². The number of thiazole rings is 1. The molecule has 0 aliphatic carbocycles. The Balaban J connectivity index is 1.76. The molecule has 1 amide bonds. The standard InChI is InChI=1S/C17H20ClN3OS/c1-11(19)13-5-3-7-21(9-13)17(22)15-10-23-16(20-15)12-4-2-6-14(18)8-12/h2,4,6,8,10-11,13H,3,5,7,9,19H2,1H3. The van der Waals surface area contributed by atoms with E-state index in [9.17, 15) is 4.79 Å². The molecule has 1 saturated heterocycles. The zero-order chi connectivity index (χ0) is 16.4. The van der Waals surface area contributed by atoms with Gasteiger partial charge in [0.1, 0.15) is 10.7 Å². The van der Waals surface area contributed by atoms with Crippen LogP contribution in [0.4, 0.5) is 0 Å². The van der Waals surface area contributed by atoms with Crippen LogP contribution in [-0.4, -0.2) is 34.9 Å². The van der Waals surface area contributed by atoms with Gasteiger partial charge in [-0.25, -0.2) is 4.98 Å². The van der Waals surface area contributed by atoms with Gasteiger partial charge in [-0.3, -0.25) is 4.79 Å². The van der Waals surface area contributed by atoms with Gasteiger partial charge in [-0.15, -0.1) is 11.3 Å². The lowest BCUT2D eigenvalue weighted by molar-refractivity contribution is 0.0656. The molecule has 1 aliphatic heterocycles. The van der Waals surface area contributed by atoms with E-state index in [2.05, 4.69) is 4.98 Å². The molecule has 1 aromatic heterocycles. The number of nitrogens with zero attached hydrogens (tertiary/aromatic N) is 2. The number of aromatic nitrogens is 1. The van der Waals surface area contributed by atoms with Crippen molar-refractivity contribution < 1.29 is 4.79 Å². The third kappa shape index (κ3) is 3.74. The van der Waals surface area contributed by atoms with Crippen LogP contribution in [0, 0.1) is 5.92 Å². The van der Waals surface area contributed by atoms with Crippen molar-refractivity contribution in [2.75, 3.05) is 13.1 Å². The number of carbonyl (C=O) groups excluding carboxylic acids is 1. The van der Waals surface area contributed by atoms with Crippen molar-refractivity contribution in [2.24, 2.45) is 11.7 Å². The number of benzene rings is 1. The van der Waals surface area contributed by atoms with Crippen molar-refractivity contribution in [2.45, 2.75) is 25.8 Å². The lowest BCUT2D eigenvalue weighted by Gasteiger charge is -2.34. The van der Waals surface area contributed by atoms with E-state index in [0.717, 1.165) is 36.5 Å². The largest absolute Gasteiger partial charge is 0.337 e. The molecule has 0 radical (unpaired) electrons. The Hall–Kier alpha value is -1.43. The molecular formula is C17H20ClN3OS. The molecule has 23 heavy (non-hydrogen) atoms. The minimum absolute atomic E-state index is 0.000113. The van der Waals surface area contributed by atoms with Crippen LogP contribution in [-0.2, 0) is 0 Å². The van der Waals surface area contributed by atoms with Crippen LogP contribution in [0.3, 0.4) is 0 Å². The van der Waals surface area contributed by atoms with Crippen LogP contribution in [0.25, 0.3) is 10.6 Å². The molecule has 2 N–H and O–H groups in total. The van der Waals surface area contributed by atoms with Crippen molar-refractivity contribution in [1.29, 1.82) is 0 Å². The van der Waals surface area contributed by atoms with Gasteiger partial charge in [0, 0.05) is 35.1 Å². The highest BCUT2D eigenvalue weighted by Gasteiger charge is 2.27. The summed E-state index contributed by atoms with van der Waals surface area (Å²) in [6.45, 7) is 3.52. The summed E-state index contributed by atoms with van der Waals surface area (Å²) >= 11 is 7.49. The summed E-state index contributed by atoms with van der Waals surface area (Å²) in [7, 11) is 0. The SMILES string of the molecule is CC(N)C1CCCN(C(=O)c2csc(-c3cccc(Cl)c3)n2)C1. The fourth-order valence-electron chi connectivity index (χ4n) is 2.91. The zero-order valence-electron chi connectivity index (χ0n) is 13.0. The minimum Gasteiger partial charge on any atom is -0.337 e. The molecule has 0 saturated carbocycles. The molecule has 2 atom stereocenters. The van der Waals surface area contributed by atoms with E-state index in [1.807, 2.05) is 41.5 Å². The van der Waals surface area contributed by atoms with Gasteiger partial charge in [-0.05, 0) is 37.8 Å². The molecule has 0 spiro atoms. The summed E-state index contributed by atoms with van der Waals surface area (Å²) in [5, 5.41) is 3.31. The van der Waals surface area contributed by atoms with E-state index < -0.39 is 0 Å². The van der Waals surface area contributed by atoms with Gasteiger partial charge in [0.05, 0.1) is 0 Å². The molecule has 3 rings (SSSR count). The quantitative estimate of drug-likeness (QED) is 0.919. The molecule has 1 aliphatic rings. The molecule has 2 aromatic rings. The molecular weight excluding hydrogens is 330 g/mol. The third-order valence-electron chi connectivity index (χ3n) is 4.28. The molecule has 122 valence electrons. The average molecular weight is 350 g/mol. The summed E-state index contributed by atoms with van der Waals surface area (Å²) in [4.78, 5) is 19.1. The summed E-state index contributed by atoms with van der Waals surface area (Å²) in [6.07, 6.45) is 2.09. The monoisotopic (exact) mass is 349 g/mol. The first-order chi connectivity index (χ1) is 11.0. The molecule has 2 heterocycles. The second kappa shape index (κ2) is 6.99. The van der Waals surface area contributed by atoms with Crippen molar-refractivity contribution >= 4 is 28.8 Å². The maximum Gasteiger partial charge on any atom is 0.273 e. The molecule has 0 bridgehead atoms. The van der Waals surface area contributed by atoms with Crippen LogP contribution < -0.4 is 5.73 Å². The average Bonchev–Trinajstić information content (AvgIpc) is 3.04. The van der Waals surface area contributed by atoms with Gasteiger partial charge in [-0.1, -0.05) is 23.7 Å². The predicted octanol–water partition coefficient (Wildman–Crippen LogP) is 3.66. The molecule has 1 aromatic carbocycles. The summed E-state index contributed by atoms with van der Waals surface area (Å²) < 4.78 is 0. The Bertz CT molecular complexity index is 701. The molecule has 4 nitrogen and oxygen atoms in total. The highest BCUT2D eigenvalue weighted by atomic mass is 35.5. The lowest BCUT2D eigenvalue weighted by atomic mass is 9.92. The molecule has 1 fully saturated rings. The number of likely N-dealkylation sites (tertiary alicyclic amines) is 1. The van der Waals surface area contributed by atoms with Crippen molar-refractivity contribution in [3.63, 3.8) is 0 Å². The van der Waals surface area contributed by atoms with E-state index in [-0.39, 0.29) is 11.9 Å². The van der Waals surface area contributed by atoms with Gasteiger partial charge in [0.15, 0.2) is 0 Å². The second-order valence-corrected chi connectivity index (χ2v) is 7.36. The Morgan fingerprint density at radius 1 is 1.52 bits per heavy atom. The van der Waals surface area contributed by atoms with Gasteiger partial charge >= 0.3 is 0 Å².